The fraction of sp³-hybridized carbons (Fsp3) is 0.300. The molecule has 2 unspecified atom stereocenters. The quantitative estimate of drug-likeness (QED) is 0.127. The van der Waals surface area contributed by atoms with Crippen LogP contribution in [-0.4, -0.2) is 93.6 Å². The van der Waals surface area contributed by atoms with Crippen LogP contribution in [0.25, 0.3) is 33.4 Å². The molecule has 4 heterocycles. The minimum absolute atomic E-state index is 0.279. The molecule has 6 aromatic rings. The molecule has 1 amide bonds. The number of alkyl halides is 2. The summed E-state index contributed by atoms with van der Waals surface area (Å²) in [5, 5.41) is 1.14. The Hall–Kier alpha value is -4.85. The van der Waals surface area contributed by atoms with Crippen molar-refractivity contribution >= 4 is 91.3 Å². The Balaban J connectivity index is 0.000000166. The zero-order valence-electron chi connectivity index (χ0n) is 30.6. The average molecular weight is 806 g/mol. The maximum absolute atomic E-state index is 12.1. The van der Waals surface area contributed by atoms with Gasteiger partial charge in [-0.05, 0) is 98.2 Å². The van der Waals surface area contributed by atoms with Crippen molar-refractivity contribution in [1.82, 2.24) is 19.1 Å². The molecule has 2 aliphatic rings. The van der Waals surface area contributed by atoms with Crippen LogP contribution in [0.1, 0.15) is 13.8 Å². The van der Waals surface area contributed by atoms with Crippen LogP contribution >= 0.6 is 34.8 Å². The first kappa shape index (κ1) is 39.8. The van der Waals surface area contributed by atoms with Gasteiger partial charge in [0.1, 0.15) is 10.8 Å². The minimum atomic E-state index is -0.637. The van der Waals surface area contributed by atoms with Crippen molar-refractivity contribution in [3.8, 4) is 11.4 Å². The number of nitrogens with one attached hydrogen (secondary N) is 1. The summed E-state index contributed by atoms with van der Waals surface area (Å²) >= 11 is 15.9. The molecular weight excluding hydrogens is 763 g/mol. The monoisotopic (exact) mass is 804 g/mol. The van der Waals surface area contributed by atoms with Crippen LogP contribution in [0.2, 0.25) is 0 Å². The average Bonchev–Trinajstić information content (AvgIpc) is 3.75. The number of hydrogen-bond acceptors (Lipinski definition) is 9. The van der Waals surface area contributed by atoms with E-state index in [4.69, 9.17) is 50.0 Å². The van der Waals surface area contributed by atoms with E-state index in [2.05, 4.69) is 61.5 Å². The number of aromatic nitrogens is 4. The van der Waals surface area contributed by atoms with Crippen LogP contribution in [0, 0.1) is 0 Å². The van der Waals surface area contributed by atoms with Crippen molar-refractivity contribution in [3.63, 3.8) is 0 Å². The minimum Gasteiger partial charge on any atom is -0.378 e. The number of halogens is 3. The lowest BCUT2D eigenvalue weighted by atomic mass is 10.2. The normalized spacial score (nSPS) is 15.4. The molecule has 0 radical (unpaired) electrons. The molecule has 0 spiro atoms. The third kappa shape index (κ3) is 9.88. The smallest absolute Gasteiger partial charge is 0.244 e. The second-order valence-electron chi connectivity index (χ2n) is 12.8. The Kier molecular flexibility index (Phi) is 13.5. The van der Waals surface area contributed by atoms with Crippen molar-refractivity contribution in [2.24, 2.45) is 0 Å². The summed E-state index contributed by atoms with van der Waals surface area (Å²) in [5.74, 6) is 0.700. The number of rotatable bonds is 7. The van der Waals surface area contributed by atoms with E-state index in [1.165, 1.54) is 12.6 Å². The van der Waals surface area contributed by atoms with E-state index >= 15 is 0 Å². The van der Waals surface area contributed by atoms with Crippen LogP contribution < -0.4 is 20.9 Å². The zero-order chi connectivity index (χ0) is 38.9. The highest BCUT2D eigenvalue weighted by molar-refractivity contribution is 6.69. The number of carbonyl (C=O) groups excluding carboxylic acids is 2. The number of imidazole rings is 2. The number of nitrogens with two attached hydrogens (primary N) is 1. The molecule has 2 aromatic heterocycles. The van der Waals surface area contributed by atoms with E-state index < -0.39 is 16.0 Å². The molecule has 55 heavy (non-hydrogen) atoms. The molecule has 2 fully saturated rings. The number of carbonyl (C=O) groups is 2. The van der Waals surface area contributed by atoms with Gasteiger partial charge in [-0.1, -0.05) is 24.3 Å². The van der Waals surface area contributed by atoms with E-state index in [0.717, 1.165) is 91.7 Å². The highest BCUT2D eigenvalue weighted by Gasteiger charge is 2.18. The Morgan fingerprint density at radius 3 is 1.49 bits per heavy atom. The standard InChI is InChI=1S/C20H21ClN4O2.C17H18N4O.C3H4Cl2O/c1-14(21)19(26)23-20-22-17-4-2-3-5-18(17)25(20)16-8-6-15(7-9-16)24-10-12-27-13-11-24;18-17-19-15-3-1-2-4-16(15)21(17)14-7-5-13(6-8-14)20-9-11-22-12-10-20;1-2(4)3(5)6/h2-9,14H,10-13H2,1H3,(H,22,23,26);1-8H,9-12H2,(H2,18,19);2H,1H3. The molecule has 2 saturated heterocycles. The highest BCUT2D eigenvalue weighted by atomic mass is 35.5. The molecule has 12 nitrogen and oxygen atoms in total. The van der Waals surface area contributed by atoms with Crippen molar-refractivity contribution in [3.05, 3.63) is 97.1 Å². The number of benzene rings is 4. The van der Waals surface area contributed by atoms with Crippen molar-refractivity contribution < 1.29 is 19.1 Å². The summed E-state index contributed by atoms with van der Waals surface area (Å²) in [6, 6.07) is 32.5. The van der Waals surface area contributed by atoms with Gasteiger partial charge in [0.25, 0.3) is 0 Å². The second kappa shape index (κ2) is 18.7. The zero-order valence-corrected chi connectivity index (χ0v) is 32.8. The van der Waals surface area contributed by atoms with Crippen LogP contribution in [0.5, 0.6) is 0 Å². The predicted molar refractivity (Wildman–Crippen MR) is 223 cm³/mol. The van der Waals surface area contributed by atoms with Crippen LogP contribution in [0.4, 0.5) is 23.3 Å². The summed E-state index contributed by atoms with van der Waals surface area (Å²) in [6.07, 6.45) is 0. The maximum Gasteiger partial charge on any atom is 0.244 e. The number of amides is 1. The fourth-order valence-corrected chi connectivity index (χ4v) is 6.22. The Morgan fingerprint density at radius 1 is 0.636 bits per heavy atom. The van der Waals surface area contributed by atoms with Gasteiger partial charge in [-0.3, -0.25) is 24.0 Å². The molecule has 15 heteroatoms. The Labute approximate surface area is 334 Å². The van der Waals surface area contributed by atoms with Gasteiger partial charge in [-0.2, -0.15) is 0 Å². The summed E-state index contributed by atoms with van der Waals surface area (Å²) < 4.78 is 14.7. The highest BCUT2D eigenvalue weighted by Crippen LogP contribution is 2.28. The van der Waals surface area contributed by atoms with E-state index in [9.17, 15) is 9.59 Å². The van der Waals surface area contributed by atoms with Gasteiger partial charge < -0.3 is 25.0 Å². The number of nitrogens with zero attached hydrogens (tertiary/aromatic N) is 6. The van der Waals surface area contributed by atoms with Gasteiger partial charge in [0.15, 0.2) is 0 Å². The van der Waals surface area contributed by atoms with Gasteiger partial charge in [0.2, 0.25) is 23.0 Å². The largest absolute Gasteiger partial charge is 0.378 e. The summed E-state index contributed by atoms with van der Waals surface area (Å²) in [6.45, 7) is 9.91. The number of hydrogen-bond donors (Lipinski definition) is 2. The number of para-hydroxylation sites is 4. The third-order valence-electron chi connectivity index (χ3n) is 9.02. The molecule has 2 atom stereocenters. The number of fused-ring (bicyclic) bond motifs is 2. The fourth-order valence-electron chi connectivity index (χ4n) is 6.16. The second-order valence-corrected chi connectivity index (χ2v) is 14.5. The van der Waals surface area contributed by atoms with Crippen LogP contribution in [-0.2, 0) is 19.1 Å². The molecule has 3 N–H and O–H groups in total. The van der Waals surface area contributed by atoms with Gasteiger partial charge in [0.05, 0.1) is 48.5 Å². The number of anilines is 4. The Bertz CT molecular complexity index is 2190. The van der Waals surface area contributed by atoms with Gasteiger partial charge in [0, 0.05) is 48.9 Å². The van der Waals surface area contributed by atoms with Crippen molar-refractivity contribution in [2.45, 2.75) is 24.6 Å². The Morgan fingerprint density at radius 2 is 1.04 bits per heavy atom. The van der Waals surface area contributed by atoms with Gasteiger partial charge in [-0.25, -0.2) is 9.97 Å². The summed E-state index contributed by atoms with van der Waals surface area (Å²) in [4.78, 5) is 35.5. The first-order valence-electron chi connectivity index (χ1n) is 18.0. The maximum atomic E-state index is 12.1. The first-order chi connectivity index (χ1) is 26.6. The lowest BCUT2D eigenvalue weighted by molar-refractivity contribution is -0.115. The van der Waals surface area contributed by atoms with Crippen LogP contribution in [0.15, 0.2) is 97.1 Å². The molecule has 288 valence electrons. The van der Waals surface area contributed by atoms with E-state index in [1.807, 2.05) is 69.8 Å². The molecule has 2 aliphatic heterocycles. The summed E-state index contributed by atoms with van der Waals surface area (Å²) in [5.41, 5.74) is 14.1. The number of nitrogen functional groups attached to an aromatic ring is 1. The predicted octanol–water partition coefficient (Wildman–Crippen LogP) is 7.25. The van der Waals surface area contributed by atoms with E-state index in [-0.39, 0.29) is 5.91 Å². The molecule has 4 aromatic carbocycles. The lowest BCUT2D eigenvalue weighted by Crippen LogP contribution is -2.36. The van der Waals surface area contributed by atoms with Crippen molar-refractivity contribution in [1.29, 1.82) is 0 Å². The summed E-state index contributed by atoms with van der Waals surface area (Å²) in [7, 11) is 0. The molecule has 8 rings (SSSR count). The first-order valence-corrected chi connectivity index (χ1v) is 19.2. The molecule has 0 aliphatic carbocycles. The molecule has 0 saturated carbocycles. The topological polar surface area (TPSA) is 133 Å². The third-order valence-corrected chi connectivity index (χ3v) is 9.86. The van der Waals surface area contributed by atoms with Crippen molar-refractivity contribution in [2.75, 3.05) is 73.5 Å². The SMILES string of the molecule is CC(Cl)C(=O)Cl.CC(Cl)C(=O)Nc1nc2ccccc2n1-c1ccc(N2CCOCC2)cc1.Nc1nc2ccccc2n1-c1ccc(N2CCOCC2)cc1. The van der Waals surface area contributed by atoms with Gasteiger partial charge in [-0.15, -0.1) is 23.2 Å². The number of ether oxygens (including phenoxy) is 2. The number of morpholine rings is 2. The molecular formula is C40H43Cl3N8O4. The van der Waals surface area contributed by atoms with E-state index in [1.54, 1.807) is 6.92 Å². The lowest BCUT2D eigenvalue weighted by Gasteiger charge is -2.29. The van der Waals surface area contributed by atoms with E-state index in [0.29, 0.717) is 11.9 Å². The van der Waals surface area contributed by atoms with Gasteiger partial charge >= 0.3 is 0 Å². The van der Waals surface area contributed by atoms with Crippen LogP contribution in [0.3, 0.4) is 0 Å². The molecule has 0 bridgehead atoms.